The molecule has 0 amide bonds. The van der Waals surface area contributed by atoms with Gasteiger partial charge in [0.25, 0.3) is 6.71 Å². The molecule has 0 saturated carbocycles. The SMILES string of the molecule is CC(C)c1ccc2c(c1)c1cc(C(C)C)cc3c1n2-c1cc(-c2ccccn2)cc2c1B3c1cc(C(C)C)cc3c4cc(C(C)C)ccc4n-2c13. The quantitative estimate of drug-likeness (QED) is 0.168. The summed E-state index contributed by atoms with van der Waals surface area (Å²) in [6.45, 7) is 18.7. The first kappa shape index (κ1) is 30.7. The lowest BCUT2D eigenvalue weighted by molar-refractivity contribution is 0.868. The van der Waals surface area contributed by atoms with E-state index in [9.17, 15) is 0 Å². The van der Waals surface area contributed by atoms with Gasteiger partial charge in [0.2, 0.25) is 0 Å². The first-order valence-corrected chi connectivity index (χ1v) is 18.9. The summed E-state index contributed by atoms with van der Waals surface area (Å²) in [5.74, 6) is 1.74. The van der Waals surface area contributed by atoms with E-state index in [1.807, 2.05) is 12.3 Å². The number of aromatic nitrogens is 3. The van der Waals surface area contributed by atoms with Crippen LogP contribution >= 0.6 is 0 Å². The summed E-state index contributed by atoms with van der Waals surface area (Å²) < 4.78 is 5.21. The molecular formula is C47H44BN3. The number of fused-ring (bicyclic) bond motifs is 10. The molecule has 5 heterocycles. The molecule has 5 aromatic carbocycles. The summed E-state index contributed by atoms with van der Waals surface area (Å²) in [4.78, 5) is 4.90. The highest BCUT2D eigenvalue weighted by Crippen LogP contribution is 2.43. The molecule has 0 aliphatic carbocycles. The molecule has 0 unspecified atom stereocenters. The Balaban J connectivity index is 1.45. The van der Waals surface area contributed by atoms with Gasteiger partial charge in [0.05, 0.1) is 16.7 Å². The molecular weight excluding hydrogens is 617 g/mol. The third-order valence-electron chi connectivity index (χ3n) is 12.0. The van der Waals surface area contributed by atoms with Crippen molar-refractivity contribution in [2.75, 3.05) is 0 Å². The van der Waals surface area contributed by atoms with Gasteiger partial charge in [-0.25, -0.2) is 0 Å². The lowest BCUT2D eigenvalue weighted by Gasteiger charge is -2.35. The Labute approximate surface area is 301 Å². The van der Waals surface area contributed by atoms with Crippen molar-refractivity contribution in [3.05, 3.63) is 119 Å². The molecule has 2 aliphatic heterocycles. The molecule has 4 heteroatoms. The van der Waals surface area contributed by atoms with Crippen LogP contribution in [0.25, 0.3) is 66.2 Å². The molecule has 250 valence electrons. The smallest absolute Gasteiger partial charge is 0.252 e. The molecule has 3 nitrogen and oxygen atoms in total. The third-order valence-corrected chi connectivity index (χ3v) is 12.0. The van der Waals surface area contributed by atoms with Gasteiger partial charge < -0.3 is 9.13 Å². The van der Waals surface area contributed by atoms with Gasteiger partial charge >= 0.3 is 0 Å². The highest BCUT2D eigenvalue weighted by molar-refractivity contribution is 7.00. The molecule has 2 aliphatic rings. The Morgan fingerprint density at radius 3 is 1.39 bits per heavy atom. The van der Waals surface area contributed by atoms with E-state index in [0.29, 0.717) is 23.7 Å². The Hall–Kier alpha value is -5.09. The van der Waals surface area contributed by atoms with E-state index in [1.165, 1.54) is 93.6 Å². The van der Waals surface area contributed by atoms with Crippen molar-refractivity contribution in [1.82, 2.24) is 14.1 Å². The molecule has 3 aromatic heterocycles. The van der Waals surface area contributed by atoms with Crippen molar-refractivity contribution in [1.29, 1.82) is 0 Å². The third kappa shape index (κ3) is 4.17. The van der Waals surface area contributed by atoms with Crippen LogP contribution in [-0.4, -0.2) is 20.8 Å². The Bertz CT molecular complexity index is 2590. The molecule has 0 saturated heterocycles. The summed E-state index contributed by atoms with van der Waals surface area (Å²) in [7, 11) is 0. The maximum atomic E-state index is 4.90. The Kier molecular flexibility index (Phi) is 6.45. The normalized spacial score (nSPS) is 13.4. The molecule has 10 rings (SSSR count). The van der Waals surface area contributed by atoms with Crippen molar-refractivity contribution in [3.63, 3.8) is 0 Å². The van der Waals surface area contributed by atoms with E-state index in [1.54, 1.807) is 0 Å². The minimum atomic E-state index is 0.109. The fourth-order valence-electron chi connectivity index (χ4n) is 9.21. The number of nitrogens with zero attached hydrogens (tertiary/aromatic N) is 3. The number of hydrogen-bond donors (Lipinski definition) is 0. The van der Waals surface area contributed by atoms with Crippen LogP contribution in [0, 0.1) is 0 Å². The van der Waals surface area contributed by atoms with Crippen LogP contribution in [0.5, 0.6) is 0 Å². The zero-order chi connectivity index (χ0) is 35.0. The zero-order valence-electron chi connectivity index (χ0n) is 31.0. The largest absolute Gasteiger partial charge is 0.310 e. The number of pyridine rings is 1. The van der Waals surface area contributed by atoms with Gasteiger partial charge in [-0.05, 0) is 123 Å². The standard InChI is InChI=1S/C47H44BN3/c1-25(2)29-12-14-41-34(17-29)36-19-31(27(5)6)21-38-46(36)50(41)43-23-33(40-11-9-10-16-49-40)24-44-45(43)48(38)39-22-32(28(7)8)20-37-35-18-30(26(3)4)13-15-42(35)51(44)47(37)39/h9-28H,1-8H3. The van der Waals surface area contributed by atoms with Crippen molar-refractivity contribution in [3.8, 4) is 22.6 Å². The minimum absolute atomic E-state index is 0.109. The first-order chi connectivity index (χ1) is 24.6. The van der Waals surface area contributed by atoms with Gasteiger partial charge in [-0.2, -0.15) is 0 Å². The van der Waals surface area contributed by atoms with Crippen LogP contribution in [0.15, 0.2) is 97.2 Å². The molecule has 0 atom stereocenters. The fraction of sp³-hybridized carbons (Fsp3) is 0.255. The number of rotatable bonds is 5. The van der Waals surface area contributed by atoms with Crippen LogP contribution in [0.4, 0.5) is 0 Å². The lowest BCUT2D eigenvalue weighted by Crippen LogP contribution is -2.59. The van der Waals surface area contributed by atoms with E-state index in [4.69, 9.17) is 4.98 Å². The molecule has 51 heavy (non-hydrogen) atoms. The Morgan fingerprint density at radius 1 is 0.490 bits per heavy atom. The maximum absolute atomic E-state index is 4.90. The topological polar surface area (TPSA) is 22.8 Å². The summed E-state index contributed by atoms with van der Waals surface area (Å²) in [5.41, 5.74) is 19.8. The second kappa shape index (κ2) is 10.7. The van der Waals surface area contributed by atoms with Gasteiger partial charge in [0.15, 0.2) is 0 Å². The molecule has 0 bridgehead atoms. The van der Waals surface area contributed by atoms with Crippen molar-refractivity contribution < 1.29 is 0 Å². The first-order valence-electron chi connectivity index (χ1n) is 18.9. The summed E-state index contributed by atoms with van der Waals surface area (Å²) in [6.07, 6.45) is 1.92. The van der Waals surface area contributed by atoms with E-state index in [-0.39, 0.29) is 6.71 Å². The molecule has 0 N–H and O–H groups in total. The second-order valence-corrected chi connectivity index (χ2v) is 16.4. The van der Waals surface area contributed by atoms with Crippen LogP contribution in [0.1, 0.15) is 101 Å². The van der Waals surface area contributed by atoms with Gasteiger partial charge in [-0.1, -0.05) is 85.7 Å². The molecule has 0 radical (unpaired) electrons. The van der Waals surface area contributed by atoms with Gasteiger partial charge in [-0.15, -0.1) is 0 Å². The van der Waals surface area contributed by atoms with Crippen molar-refractivity contribution in [2.24, 2.45) is 0 Å². The number of hydrogen-bond acceptors (Lipinski definition) is 1. The van der Waals surface area contributed by atoms with E-state index < -0.39 is 0 Å². The fourth-order valence-corrected chi connectivity index (χ4v) is 9.21. The monoisotopic (exact) mass is 661 g/mol. The lowest BCUT2D eigenvalue weighted by atomic mass is 9.34. The van der Waals surface area contributed by atoms with E-state index in [2.05, 4.69) is 149 Å². The van der Waals surface area contributed by atoms with Gasteiger partial charge in [0, 0.05) is 55.7 Å². The average molecular weight is 662 g/mol. The summed E-state index contributed by atoms with van der Waals surface area (Å²) in [5, 5.41) is 5.44. The van der Waals surface area contributed by atoms with Crippen molar-refractivity contribution in [2.45, 2.75) is 79.1 Å². The molecule has 8 aromatic rings. The predicted molar refractivity (Wildman–Crippen MR) is 219 cm³/mol. The maximum Gasteiger partial charge on any atom is 0.252 e. The van der Waals surface area contributed by atoms with Crippen molar-refractivity contribution >= 4 is 66.7 Å². The van der Waals surface area contributed by atoms with E-state index in [0.717, 1.165) is 11.3 Å². The van der Waals surface area contributed by atoms with Crippen LogP contribution < -0.4 is 16.4 Å². The minimum Gasteiger partial charge on any atom is -0.310 e. The Morgan fingerprint density at radius 2 is 0.961 bits per heavy atom. The molecule has 0 fully saturated rings. The summed E-state index contributed by atoms with van der Waals surface area (Å²) in [6, 6.07) is 35.6. The molecule has 0 spiro atoms. The van der Waals surface area contributed by atoms with Gasteiger partial charge in [0.1, 0.15) is 0 Å². The highest BCUT2D eigenvalue weighted by atomic mass is 15.0. The predicted octanol–water partition coefficient (Wildman–Crippen LogP) is 10.6. The van der Waals surface area contributed by atoms with E-state index >= 15 is 0 Å². The van der Waals surface area contributed by atoms with Crippen LogP contribution in [-0.2, 0) is 0 Å². The average Bonchev–Trinajstić information content (AvgIpc) is 3.64. The number of benzene rings is 5. The van der Waals surface area contributed by atoms with Gasteiger partial charge in [-0.3, -0.25) is 4.98 Å². The summed E-state index contributed by atoms with van der Waals surface area (Å²) >= 11 is 0. The zero-order valence-corrected chi connectivity index (χ0v) is 31.0. The van der Waals surface area contributed by atoms with Crippen LogP contribution in [0.2, 0.25) is 0 Å². The highest BCUT2D eigenvalue weighted by Gasteiger charge is 2.42. The second-order valence-electron chi connectivity index (χ2n) is 16.4. The van der Waals surface area contributed by atoms with Crippen LogP contribution in [0.3, 0.4) is 0 Å².